The largest absolute Gasteiger partial charge is 0.0622 e. The molecule has 0 unspecified atom stereocenters. The Morgan fingerprint density at radius 1 is 0.149 bits per heavy atom. The van der Waals surface area contributed by atoms with Crippen LogP contribution in [0.1, 0.15) is 0 Å². The molecule has 0 amide bonds. The van der Waals surface area contributed by atoms with Gasteiger partial charge in [0, 0.05) is 0 Å². The van der Waals surface area contributed by atoms with E-state index in [9.17, 15) is 0 Å². The molecule has 0 bridgehead atoms. The molecule has 340 valence electrons. The van der Waals surface area contributed by atoms with Crippen molar-refractivity contribution in [2.45, 2.75) is 0 Å². The normalized spacial score (nSPS) is 12.1. The van der Waals surface area contributed by atoms with E-state index in [0.717, 1.165) is 0 Å². The van der Waals surface area contributed by atoms with Crippen molar-refractivity contribution in [3.63, 3.8) is 0 Å². The maximum absolute atomic E-state index is 2.40. The van der Waals surface area contributed by atoms with Crippen LogP contribution in [0.3, 0.4) is 0 Å². The van der Waals surface area contributed by atoms with Gasteiger partial charge in [-0.1, -0.05) is 255 Å². The standard InChI is InChI=1S/C74H44/c1-5-19-45(20-6-1)65-57-27-13-15-29-59(57)67(47-23-9-3-10-24-47)73-63-41-39-53(55-31-17-33-61(69(55)63)71(65)73)51-37-35-50-44-52(38-36-49(50)43-51)54-40-42-64-70-56(54)32-18-34-62(70)72-66(46-21-7-2-8-22-46)58-28-14-16-30-60(58)68(74(64)72)48-25-11-4-12-26-48/h1-44H. The predicted molar refractivity (Wildman–Crippen MR) is 315 cm³/mol. The molecule has 0 nitrogen and oxygen atoms in total. The Hall–Kier alpha value is -9.62. The highest BCUT2D eigenvalue weighted by Gasteiger charge is 2.33. The van der Waals surface area contributed by atoms with Crippen LogP contribution in [0.2, 0.25) is 0 Å². The van der Waals surface area contributed by atoms with Crippen molar-refractivity contribution in [2.75, 3.05) is 0 Å². The zero-order valence-electron chi connectivity index (χ0n) is 40.4. The molecule has 0 aromatic heterocycles. The summed E-state index contributed by atoms with van der Waals surface area (Å²) in [6.07, 6.45) is 0. The minimum atomic E-state index is 1.22. The van der Waals surface area contributed by atoms with E-state index in [-0.39, 0.29) is 0 Å². The van der Waals surface area contributed by atoms with Gasteiger partial charge in [0.1, 0.15) is 0 Å². The number of hydrogen-bond acceptors (Lipinski definition) is 0. The lowest BCUT2D eigenvalue weighted by atomic mass is 9.82. The van der Waals surface area contributed by atoms with Gasteiger partial charge in [0.25, 0.3) is 0 Å². The lowest BCUT2D eigenvalue weighted by Crippen LogP contribution is -1.93. The van der Waals surface area contributed by atoms with Gasteiger partial charge in [-0.15, -0.1) is 0 Å². The van der Waals surface area contributed by atoms with Crippen LogP contribution in [0, 0.1) is 0 Å². The highest BCUT2D eigenvalue weighted by molar-refractivity contribution is 6.30. The fourth-order valence-corrected chi connectivity index (χ4v) is 13.3. The second kappa shape index (κ2) is 15.9. The molecule has 16 rings (SSSR count). The summed E-state index contributed by atoms with van der Waals surface area (Å²) in [4.78, 5) is 0. The van der Waals surface area contributed by atoms with Gasteiger partial charge in [0.05, 0.1) is 0 Å². The van der Waals surface area contributed by atoms with Gasteiger partial charge in [-0.25, -0.2) is 0 Å². The summed E-state index contributed by atoms with van der Waals surface area (Å²) in [7, 11) is 0. The van der Waals surface area contributed by atoms with E-state index < -0.39 is 0 Å². The fourth-order valence-electron chi connectivity index (χ4n) is 13.3. The Labute approximate surface area is 429 Å². The number of fused-ring (bicyclic) bond motifs is 9. The number of rotatable bonds is 6. The summed E-state index contributed by atoms with van der Waals surface area (Å²) < 4.78 is 0. The van der Waals surface area contributed by atoms with Crippen molar-refractivity contribution in [3.8, 4) is 111 Å². The van der Waals surface area contributed by atoms with Gasteiger partial charge in [-0.3, -0.25) is 0 Å². The summed E-state index contributed by atoms with van der Waals surface area (Å²) in [5, 5.41) is 12.8. The van der Waals surface area contributed by atoms with E-state index in [1.54, 1.807) is 0 Å². The zero-order chi connectivity index (χ0) is 48.4. The van der Waals surface area contributed by atoms with Crippen molar-refractivity contribution in [1.82, 2.24) is 0 Å². The van der Waals surface area contributed by atoms with Crippen LogP contribution in [-0.4, -0.2) is 0 Å². The first-order valence-corrected chi connectivity index (χ1v) is 25.8. The predicted octanol–water partition coefficient (Wildman–Crippen LogP) is 20.7. The topological polar surface area (TPSA) is 0 Å². The van der Waals surface area contributed by atoms with Crippen LogP contribution in [0.25, 0.3) is 165 Å². The summed E-state index contributed by atoms with van der Waals surface area (Å²) >= 11 is 0. The highest BCUT2D eigenvalue weighted by atomic mass is 14.4. The van der Waals surface area contributed by atoms with E-state index in [0.29, 0.717) is 0 Å². The van der Waals surface area contributed by atoms with Gasteiger partial charge in [-0.05, 0) is 177 Å². The van der Waals surface area contributed by atoms with E-state index in [2.05, 4.69) is 267 Å². The van der Waals surface area contributed by atoms with Crippen LogP contribution in [0.5, 0.6) is 0 Å². The van der Waals surface area contributed by atoms with Crippen molar-refractivity contribution in [2.24, 2.45) is 0 Å². The Morgan fingerprint density at radius 3 is 0.743 bits per heavy atom. The molecule has 0 heteroatoms. The first-order chi connectivity index (χ1) is 36.8. The minimum Gasteiger partial charge on any atom is -0.0622 e. The smallest absolute Gasteiger partial charge is 0.000741 e. The molecule has 0 atom stereocenters. The van der Waals surface area contributed by atoms with Crippen LogP contribution in [0.4, 0.5) is 0 Å². The Kier molecular flexibility index (Phi) is 8.84. The van der Waals surface area contributed by atoms with E-state index >= 15 is 0 Å². The van der Waals surface area contributed by atoms with Gasteiger partial charge in [0.2, 0.25) is 0 Å². The van der Waals surface area contributed by atoms with Gasteiger partial charge >= 0.3 is 0 Å². The van der Waals surface area contributed by atoms with Crippen LogP contribution in [-0.2, 0) is 0 Å². The zero-order valence-corrected chi connectivity index (χ0v) is 40.4. The molecule has 0 N–H and O–H groups in total. The maximum atomic E-state index is 2.40. The average molecular weight is 933 g/mol. The molecule has 0 spiro atoms. The average Bonchev–Trinajstić information content (AvgIpc) is 4.02. The first-order valence-electron chi connectivity index (χ1n) is 25.8. The van der Waals surface area contributed by atoms with Gasteiger partial charge in [0.15, 0.2) is 0 Å². The molecule has 0 aliphatic heterocycles. The van der Waals surface area contributed by atoms with Crippen LogP contribution >= 0.6 is 0 Å². The van der Waals surface area contributed by atoms with Gasteiger partial charge in [-0.2, -0.15) is 0 Å². The van der Waals surface area contributed by atoms with Crippen molar-refractivity contribution >= 4 is 53.9 Å². The summed E-state index contributed by atoms with van der Waals surface area (Å²) in [5.41, 5.74) is 25.6. The molecular formula is C74H44. The molecule has 0 saturated carbocycles. The molecular weight excluding hydrogens is 889 g/mol. The quantitative estimate of drug-likeness (QED) is 0.156. The van der Waals surface area contributed by atoms with Crippen molar-refractivity contribution < 1.29 is 0 Å². The summed E-state index contributed by atoms with van der Waals surface area (Å²) in [6, 6.07) is 99.6. The van der Waals surface area contributed by atoms with E-state index in [4.69, 9.17) is 0 Å². The van der Waals surface area contributed by atoms with E-state index in [1.165, 1.54) is 165 Å². The molecule has 0 saturated heterocycles. The third kappa shape index (κ3) is 5.85. The minimum absolute atomic E-state index is 1.22. The molecule has 0 fully saturated rings. The SMILES string of the molecule is c1ccc(-c2c3c(c(-c4ccccc4)c4ccccc24)-c2ccc(-c4ccc5cc(-c6ccc7c8c(cccc68)-c6c-7c(-c7ccccc7)c7ccccc7c6-c6ccccc6)ccc5c4)c4cccc-3c24)cc1. The Bertz CT molecular complexity index is 4180. The third-order valence-corrected chi connectivity index (χ3v) is 16.3. The number of hydrogen-bond donors (Lipinski definition) is 0. The molecule has 14 aromatic rings. The maximum Gasteiger partial charge on any atom is -0.000741 e. The van der Waals surface area contributed by atoms with E-state index in [1.807, 2.05) is 0 Å². The molecule has 74 heavy (non-hydrogen) atoms. The summed E-state index contributed by atoms with van der Waals surface area (Å²) in [6.45, 7) is 0. The number of benzene rings is 14. The molecule has 14 aromatic carbocycles. The highest BCUT2D eigenvalue weighted by Crippen LogP contribution is 2.60. The first kappa shape index (κ1) is 41.0. The lowest BCUT2D eigenvalue weighted by Gasteiger charge is -2.20. The van der Waals surface area contributed by atoms with Crippen molar-refractivity contribution in [1.29, 1.82) is 0 Å². The van der Waals surface area contributed by atoms with Crippen LogP contribution in [0.15, 0.2) is 267 Å². The monoisotopic (exact) mass is 932 g/mol. The lowest BCUT2D eigenvalue weighted by molar-refractivity contribution is 1.62. The van der Waals surface area contributed by atoms with Crippen molar-refractivity contribution in [3.05, 3.63) is 267 Å². The molecule has 2 aliphatic rings. The van der Waals surface area contributed by atoms with Gasteiger partial charge < -0.3 is 0 Å². The second-order valence-corrected chi connectivity index (χ2v) is 20.1. The third-order valence-electron chi connectivity index (χ3n) is 16.3. The molecule has 0 radical (unpaired) electrons. The second-order valence-electron chi connectivity index (χ2n) is 20.1. The Morgan fingerprint density at radius 2 is 0.419 bits per heavy atom. The Balaban J connectivity index is 0.849. The van der Waals surface area contributed by atoms with Crippen LogP contribution < -0.4 is 0 Å². The molecule has 0 heterocycles. The summed E-state index contributed by atoms with van der Waals surface area (Å²) in [5.74, 6) is 0. The fraction of sp³-hybridized carbons (Fsp3) is 0. The molecule has 2 aliphatic carbocycles.